The predicted octanol–water partition coefficient (Wildman–Crippen LogP) is 1.20. The zero-order valence-electron chi connectivity index (χ0n) is 7.32. The van der Waals surface area contributed by atoms with Gasteiger partial charge >= 0.3 is 0 Å². The second-order valence-corrected chi connectivity index (χ2v) is 5.22. The molecule has 1 fully saturated rings. The van der Waals surface area contributed by atoms with Crippen molar-refractivity contribution < 1.29 is 8.42 Å². The molecule has 0 unspecified atom stereocenters. The van der Waals surface area contributed by atoms with Gasteiger partial charge in [-0.2, -0.15) is 0 Å². The number of aromatic nitrogens is 1. The van der Waals surface area contributed by atoms with Gasteiger partial charge in [0.1, 0.15) is 0 Å². The zero-order chi connectivity index (χ0) is 9.47. The first-order valence-corrected chi connectivity index (χ1v) is 5.98. The summed E-state index contributed by atoms with van der Waals surface area (Å²) in [5.74, 6) is 1.33. The maximum Gasteiger partial charge on any atom is 0.192 e. The van der Waals surface area contributed by atoms with E-state index in [1.54, 1.807) is 12.3 Å². The van der Waals surface area contributed by atoms with E-state index in [1.165, 1.54) is 12.2 Å². The molecule has 69 valence electrons. The van der Waals surface area contributed by atoms with Crippen molar-refractivity contribution in [2.45, 2.75) is 17.9 Å². The van der Waals surface area contributed by atoms with Crippen molar-refractivity contribution in [3.05, 3.63) is 29.8 Å². The van der Waals surface area contributed by atoms with Crippen molar-refractivity contribution >= 4 is 9.84 Å². The standard InChI is InChI=1S/C9H10NO2S/c1-13(11,12)9-6-8(4-5-10-9)7-2-3-7/h4-6H,2-3H2,1H3. The van der Waals surface area contributed by atoms with Gasteiger partial charge in [-0.1, -0.05) is 0 Å². The molecule has 1 aromatic rings. The van der Waals surface area contributed by atoms with Crippen LogP contribution < -0.4 is 0 Å². The molecule has 4 heteroatoms. The van der Waals surface area contributed by atoms with Gasteiger partial charge in [-0.3, -0.25) is 0 Å². The summed E-state index contributed by atoms with van der Waals surface area (Å²) in [6.45, 7) is 0. The van der Waals surface area contributed by atoms with E-state index in [0.29, 0.717) is 0 Å². The topological polar surface area (TPSA) is 47.0 Å². The minimum Gasteiger partial charge on any atom is -0.245 e. The SMILES string of the molecule is CS(=O)(=O)c1cc([C]2CC2)ccn1. The normalized spacial score (nSPS) is 17.3. The van der Waals surface area contributed by atoms with Gasteiger partial charge in [-0.05, 0) is 30.5 Å². The number of nitrogens with zero attached hydrogens (tertiary/aromatic N) is 1. The average Bonchev–Trinajstić information content (AvgIpc) is 2.85. The predicted molar refractivity (Wildman–Crippen MR) is 48.9 cm³/mol. The number of hydrogen-bond donors (Lipinski definition) is 0. The molecule has 0 spiro atoms. The Hall–Kier alpha value is -0.900. The lowest BCUT2D eigenvalue weighted by molar-refractivity contribution is 0.598. The lowest BCUT2D eigenvalue weighted by Gasteiger charge is -1.99. The highest BCUT2D eigenvalue weighted by molar-refractivity contribution is 7.90. The molecule has 1 aliphatic carbocycles. The number of pyridine rings is 1. The van der Waals surface area contributed by atoms with Crippen LogP contribution in [0.25, 0.3) is 0 Å². The van der Waals surface area contributed by atoms with Crippen LogP contribution in [-0.4, -0.2) is 19.7 Å². The highest BCUT2D eigenvalue weighted by Crippen LogP contribution is 2.38. The van der Waals surface area contributed by atoms with Gasteiger partial charge < -0.3 is 0 Å². The summed E-state index contributed by atoms with van der Waals surface area (Å²) in [5, 5.41) is 0.171. The molecule has 0 bridgehead atoms. The Morgan fingerprint density at radius 3 is 2.62 bits per heavy atom. The Bertz CT molecular complexity index is 421. The Morgan fingerprint density at radius 1 is 1.38 bits per heavy atom. The summed E-state index contributed by atoms with van der Waals surface area (Å²) in [6, 6.07) is 3.51. The maximum atomic E-state index is 11.2. The molecular weight excluding hydrogens is 186 g/mol. The highest BCUT2D eigenvalue weighted by atomic mass is 32.2. The van der Waals surface area contributed by atoms with Crippen molar-refractivity contribution in [2.24, 2.45) is 0 Å². The fraction of sp³-hybridized carbons (Fsp3) is 0.333. The van der Waals surface area contributed by atoms with Crippen LogP contribution >= 0.6 is 0 Å². The summed E-state index contributed by atoms with van der Waals surface area (Å²) in [6.07, 6.45) is 4.91. The second-order valence-electron chi connectivity index (χ2n) is 3.26. The Morgan fingerprint density at radius 2 is 2.08 bits per heavy atom. The molecule has 1 aliphatic rings. The molecule has 0 saturated heterocycles. The van der Waals surface area contributed by atoms with E-state index in [9.17, 15) is 8.42 Å². The second kappa shape index (κ2) is 2.80. The van der Waals surface area contributed by atoms with Crippen LogP contribution in [0.15, 0.2) is 23.4 Å². The largest absolute Gasteiger partial charge is 0.245 e. The number of hydrogen-bond acceptors (Lipinski definition) is 3. The number of sulfone groups is 1. The molecular formula is C9H10NO2S. The lowest BCUT2D eigenvalue weighted by atomic mass is 10.2. The molecule has 0 aromatic carbocycles. The minimum atomic E-state index is -3.16. The van der Waals surface area contributed by atoms with Crippen LogP contribution in [0.1, 0.15) is 18.4 Å². The maximum absolute atomic E-state index is 11.2. The van der Waals surface area contributed by atoms with E-state index in [0.717, 1.165) is 18.4 Å². The molecule has 1 heterocycles. The average molecular weight is 196 g/mol. The highest BCUT2D eigenvalue weighted by Gasteiger charge is 2.25. The summed E-state index contributed by atoms with van der Waals surface area (Å²) in [7, 11) is -3.16. The van der Waals surface area contributed by atoms with Crippen LogP contribution in [0.5, 0.6) is 0 Å². The third kappa shape index (κ3) is 1.88. The van der Waals surface area contributed by atoms with Crippen molar-refractivity contribution in [3.63, 3.8) is 0 Å². The first-order chi connectivity index (χ1) is 6.07. The Labute approximate surface area is 77.7 Å². The summed E-state index contributed by atoms with van der Waals surface area (Å²) >= 11 is 0. The van der Waals surface area contributed by atoms with Crippen molar-refractivity contribution in [3.8, 4) is 0 Å². The van der Waals surface area contributed by atoms with Crippen LogP contribution in [-0.2, 0) is 9.84 Å². The summed E-state index contributed by atoms with van der Waals surface area (Å²) in [4.78, 5) is 3.82. The van der Waals surface area contributed by atoms with Gasteiger partial charge in [-0.15, -0.1) is 0 Å². The molecule has 1 saturated carbocycles. The van der Waals surface area contributed by atoms with Gasteiger partial charge in [0.25, 0.3) is 0 Å². The van der Waals surface area contributed by atoms with Crippen LogP contribution in [0, 0.1) is 5.92 Å². The third-order valence-electron chi connectivity index (χ3n) is 2.02. The molecule has 3 nitrogen and oxygen atoms in total. The fourth-order valence-electron chi connectivity index (χ4n) is 1.18. The minimum absolute atomic E-state index is 0.171. The number of rotatable bonds is 2. The van der Waals surface area contributed by atoms with Crippen LogP contribution in [0.2, 0.25) is 0 Å². The van der Waals surface area contributed by atoms with Crippen molar-refractivity contribution in [2.75, 3.05) is 6.26 Å². The molecule has 1 aromatic heterocycles. The van der Waals surface area contributed by atoms with E-state index >= 15 is 0 Å². The molecule has 2 rings (SSSR count). The van der Waals surface area contributed by atoms with Crippen LogP contribution in [0.4, 0.5) is 0 Å². The Kier molecular flexibility index (Phi) is 1.87. The summed E-state index contributed by atoms with van der Waals surface area (Å²) in [5.41, 5.74) is 1.02. The molecule has 0 N–H and O–H groups in total. The first kappa shape index (κ1) is 8.69. The lowest BCUT2D eigenvalue weighted by Crippen LogP contribution is -2.00. The summed E-state index contributed by atoms with van der Waals surface area (Å²) < 4.78 is 22.3. The van der Waals surface area contributed by atoms with Crippen molar-refractivity contribution in [1.82, 2.24) is 4.98 Å². The molecule has 1 radical (unpaired) electrons. The van der Waals surface area contributed by atoms with E-state index in [-0.39, 0.29) is 5.03 Å². The van der Waals surface area contributed by atoms with Gasteiger partial charge in [0, 0.05) is 18.4 Å². The van der Waals surface area contributed by atoms with Gasteiger partial charge in [0.05, 0.1) is 0 Å². The van der Waals surface area contributed by atoms with E-state index in [4.69, 9.17) is 0 Å². The fourth-order valence-corrected chi connectivity index (χ4v) is 1.78. The quantitative estimate of drug-likeness (QED) is 0.714. The molecule has 0 aliphatic heterocycles. The smallest absolute Gasteiger partial charge is 0.192 e. The molecule has 13 heavy (non-hydrogen) atoms. The van der Waals surface area contributed by atoms with Crippen LogP contribution in [0.3, 0.4) is 0 Å². The van der Waals surface area contributed by atoms with E-state index in [2.05, 4.69) is 4.98 Å². The molecule has 0 amide bonds. The monoisotopic (exact) mass is 196 g/mol. The van der Waals surface area contributed by atoms with E-state index in [1.807, 2.05) is 6.07 Å². The molecule has 0 atom stereocenters. The van der Waals surface area contributed by atoms with Crippen molar-refractivity contribution in [1.29, 1.82) is 0 Å². The third-order valence-corrected chi connectivity index (χ3v) is 3.01. The first-order valence-electron chi connectivity index (χ1n) is 4.08. The van der Waals surface area contributed by atoms with Gasteiger partial charge in [0.2, 0.25) is 0 Å². The van der Waals surface area contributed by atoms with Gasteiger partial charge in [0.15, 0.2) is 14.9 Å². The zero-order valence-corrected chi connectivity index (χ0v) is 8.13. The van der Waals surface area contributed by atoms with Gasteiger partial charge in [-0.25, -0.2) is 13.4 Å². The Balaban J connectivity index is 2.43. The van der Waals surface area contributed by atoms with E-state index < -0.39 is 9.84 Å².